The van der Waals surface area contributed by atoms with Crippen molar-refractivity contribution < 1.29 is 9.59 Å². The summed E-state index contributed by atoms with van der Waals surface area (Å²) >= 11 is 0. The molecule has 18 heavy (non-hydrogen) atoms. The van der Waals surface area contributed by atoms with E-state index in [0.29, 0.717) is 11.8 Å². The van der Waals surface area contributed by atoms with Crippen LogP contribution in [0.4, 0.5) is 0 Å². The number of nitrogens with two attached hydrogens (primary N) is 1. The molecule has 2 N–H and O–H groups in total. The number of carbonyl (C=O) groups is 2. The molecule has 4 nitrogen and oxygen atoms in total. The summed E-state index contributed by atoms with van der Waals surface area (Å²) in [6.07, 6.45) is 6.52. The second-order valence-electron chi connectivity index (χ2n) is 6.83. The van der Waals surface area contributed by atoms with Crippen molar-refractivity contribution in [1.82, 2.24) is 4.90 Å². The van der Waals surface area contributed by atoms with Crippen LogP contribution in [-0.2, 0) is 9.59 Å². The molecule has 4 saturated carbocycles. The van der Waals surface area contributed by atoms with E-state index in [1.807, 2.05) is 0 Å². The Morgan fingerprint density at radius 1 is 0.944 bits per heavy atom. The van der Waals surface area contributed by atoms with Crippen molar-refractivity contribution >= 4 is 11.8 Å². The van der Waals surface area contributed by atoms with Crippen LogP contribution in [-0.4, -0.2) is 28.8 Å². The van der Waals surface area contributed by atoms with Gasteiger partial charge in [0.2, 0.25) is 11.8 Å². The van der Waals surface area contributed by atoms with Crippen molar-refractivity contribution in [3.8, 4) is 0 Å². The zero-order chi connectivity index (χ0) is 12.4. The maximum atomic E-state index is 12.1. The number of nitrogens with zero attached hydrogens (tertiary/aromatic N) is 1. The molecule has 4 aliphatic carbocycles. The van der Waals surface area contributed by atoms with Crippen molar-refractivity contribution in [3.05, 3.63) is 0 Å². The van der Waals surface area contributed by atoms with Gasteiger partial charge >= 0.3 is 0 Å². The zero-order valence-electron chi connectivity index (χ0n) is 10.5. The van der Waals surface area contributed by atoms with Crippen LogP contribution in [0.3, 0.4) is 0 Å². The molecule has 5 aliphatic rings. The topological polar surface area (TPSA) is 63.4 Å². The lowest BCUT2D eigenvalue weighted by atomic mass is 9.54. The summed E-state index contributed by atoms with van der Waals surface area (Å²) in [4.78, 5) is 25.7. The molecule has 0 aromatic rings. The van der Waals surface area contributed by atoms with E-state index in [9.17, 15) is 9.59 Å². The van der Waals surface area contributed by atoms with Crippen LogP contribution in [0.2, 0.25) is 0 Å². The largest absolute Gasteiger partial charge is 0.319 e. The maximum Gasteiger partial charge on any atom is 0.246 e. The van der Waals surface area contributed by atoms with Crippen LogP contribution in [0.1, 0.15) is 38.5 Å². The predicted molar refractivity (Wildman–Crippen MR) is 65.3 cm³/mol. The first-order valence-corrected chi connectivity index (χ1v) is 7.25. The van der Waals surface area contributed by atoms with Crippen LogP contribution < -0.4 is 5.73 Å². The molecular weight excluding hydrogens is 228 g/mol. The second-order valence-corrected chi connectivity index (χ2v) is 6.83. The molecule has 1 heterocycles. The summed E-state index contributed by atoms with van der Waals surface area (Å²) in [5.74, 6) is 2.73. The Morgan fingerprint density at radius 2 is 1.50 bits per heavy atom. The second kappa shape index (κ2) is 3.56. The molecule has 0 aromatic heterocycles. The molecule has 4 heteroatoms. The van der Waals surface area contributed by atoms with Crippen molar-refractivity contribution in [3.63, 3.8) is 0 Å². The Kier molecular flexibility index (Phi) is 2.17. The summed E-state index contributed by atoms with van der Waals surface area (Å²) in [7, 11) is 0. The number of hydrogen-bond acceptors (Lipinski definition) is 3. The Balaban J connectivity index is 1.65. The fourth-order valence-corrected chi connectivity index (χ4v) is 5.31. The average Bonchev–Trinajstić information content (AvgIpc) is 2.54. The SMILES string of the molecule is NC1CC(=O)N(C2C3CC4CC(C3)CC2C4)C1=O. The molecule has 0 spiro atoms. The Hall–Kier alpha value is -0.900. The molecule has 4 bridgehead atoms. The first-order valence-electron chi connectivity index (χ1n) is 7.25. The van der Waals surface area contributed by atoms with Gasteiger partial charge < -0.3 is 5.73 Å². The Bertz CT molecular complexity index is 392. The third-order valence-corrected chi connectivity index (χ3v) is 5.69. The summed E-state index contributed by atoms with van der Waals surface area (Å²) in [6, 6.07) is -0.388. The molecule has 98 valence electrons. The molecular formula is C14H20N2O2. The molecule has 5 fully saturated rings. The van der Waals surface area contributed by atoms with E-state index in [0.717, 1.165) is 11.8 Å². The van der Waals surface area contributed by atoms with E-state index in [4.69, 9.17) is 5.73 Å². The molecule has 5 rings (SSSR count). The Labute approximate surface area is 107 Å². The summed E-state index contributed by atoms with van der Waals surface area (Å²) < 4.78 is 0. The number of carbonyl (C=O) groups excluding carboxylic acids is 2. The minimum absolute atomic E-state index is 0.0232. The molecule has 0 radical (unpaired) electrons. The van der Waals surface area contributed by atoms with Gasteiger partial charge in [0, 0.05) is 6.04 Å². The van der Waals surface area contributed by atoms with Crippen molar-refractivity contribution in [2.24, 2.45) is 29.4 Å². The number of hydrogen-bond donors (Lipinski definition) is 1. The van der Waals surface area contributed by atoms with Gasteiger partial charge in [-0.3, -0.25) is 14.5 Å². The lowest BCUT2D eigenvalue weighted by molar-refractivity contribution is -0.151. The zero-order valence-corrected chi connectivity index (χ0v) is 10.5. The van der Waals surface area contributed by atoms with Gasteiger partial charge in [0.1, 0.15) is 0 Å². The molecule has 1 unspecified atom stereocenters. The first-order chi connectivity index (χ1) is 8.63. The molecule has 0 aromatic carbocycles. The van der Waals surface area contributed by atoms with E-state index in [-0.39, 0.29) is 24.3 Å². The first kappa shape index (κ1) is 11.0. The summed E-state index contributed by atoms with van der Waals surface area (Å²) in [5, 5.41) is 0. The number of likely N-dealkylation sites (tertiary alicyclic amines) is 1. The van der Waals surface area contributed by atoms with Crippen LogP contribution >= 0.6 is 0 Å². The van der Waals surface area contributed by atoms with Gasteiger partial charge in [0.15, 0.2) is 0 Å². The van der Waals surface area contributed by atoms with Gasteiger partial charge in [0.25, 0.3) is 0 Å². The minimum Gasteiger partial charge on any atom is -0.319 e. The van der Waals surface area contributed by atoms with E-state index in [1.54, 1.807) is 4.90 Å². The fourth-order valence-electron chi connectivity index (χ4n) is 5.31. The fraction of sp³-hybridized carbons (Fsp3) is 0.857. The van der Waals surface area contributed by atoms with Crippen LogP contribution in [0.5, 0.6) is 0 Å². The van der Waals surface area contributed by atoms with Crippen LogP contribution in [0.15, 0.2) is 0 Å². The van der Waals surface area contributed by atoms with Gasteiger partial charge in [-0.25, -0.2) is 0 Å². The third kappa shape index (κ3) is 1.35. The van der Waals surface area contributed by atoms with Crippen molar-refractivity contribution in [2.75, 3.05) is 0 Å². The van der Waals surface area contributed by atoms with Gasteiger partial charge in [0.05, 0.1) is 12.5 Å². The molecule has 1 atom stereocenters. The maximum absolute atomic E-state index is 12.1. The summed E-state index contributed by atoms with van der Waals surface area (Å²) in [6.45, 7) is 0. The highest BCUT2D eigenvalue weighted by molar-refractivity contribution is 6.05. The molecule has 2 amide bonds. The van der Waals surface area contributed by atoms with Gasteiger partial charge in [-0.05, 0) is 55.8 Å². The van der Waals surface area contributed by atoms with Crippen LogP contribution in [0, 0.1) is 23.7 Å². The average molecular weight is 248 g/mol. The highest BCUT2D eigenvalue weighted by Crippen LogP contribution is 2.55. The molecule has 1 aliphatic heterocycles. The predicted octanol–water partition coefficient (Wildman–Crippen LogP) is 0.897. The highest BCUT2D eigenvalue weighted by atomic mass is 16.2. The van der Waals surface area contributed by atoms with Crippen LogP contribution in [0.25, 0.3) is 0 Å². The smallest absolute Gasteiger partial charge is 0.246 e. The summed E-state index contributed by atoms with van der Waals surface area (Å²) in [5.41, 5.74) is 5.74. The minimum atomic E-state index is -0.574. The standard InChI is InChI=1S/C14H20N2O2/c15-11-6-12(17)16(14(11)18)13-9-2-7-1-8(4-9)5-10(13)3-7/h7-11,13H,1-6,15H2. The number of rotatable bonds is 1. The quantitative estimate of drug-likeness (QED) is 0.701. The van der Waals surface area contributed by atoms with E-state index in [1.165, 1.54) is 32.1 Å². The number of imide groups is 1. The number of amides is 2. The van der Waals surface area contributed by atoms with E-state index in [2.05, 4.69) is 0 Å². The monoisotopic (exact) mass is 248 g/mol. The lowest BCUT2D eigenvalue weighted by Crippen LogP contribution is -2.58. The molecule has 1 saturated heterocycles. The van der Waals surface area contributed by atoms with E-state index >= 15 is 0 Å². The Morgan fingerprint density at radius 3 is 1.94 bits per heavy atom. The highest BCUT2D eigenvalue weighted by Gasteiger charge is 2.54. The van der Waals surface area contributed by atoms with E-state index < -0.39 is 6.04 Å². The van der Waals surface area contributed by atoms with Gasteiger partial charge in [-0.1, -0.05) is 0 Å². The van der Waals surface area contributed by atoms with Gasteiger partial charge in [-0.2, -0.15) is 0 Å². The lowest BCUT2D eigenvalue weighted by Gasteiger charge is -2.56. The van der Waals surface area contributed by atoms with Gasteiger partial charge in [-0.15, -0.1) is 0 Å². The normalized spacial score (nSPS) is 50.4. The van der Waals surface area contributed by atoms with Crippen molar-refractivity contribution in [2.45, 2.75) is 50.6 Å². The van der Waals surface area contributed by atoms with Crippen molar-refractivity contribution in [1.29, 1.82) is 0 Å². The third-order valence-electron chi connectivity index (χ3n) is 5.69.